The molecule has 1 aliphatic carbocycles. The van der Waals surface area contributed by atoms with Crippen molar-refractivity contribution in [3.05, 3.63) is 0 Å². The predicted octanol–water partition coefficient (Wildman–Crippen LogP) is 2.58. The van der Waals surface area contributed by atoms with Crippen LogP contribution in [0.1, 0.15) is 64.2 Å². The molecule has 0 spiro atoms. The molecule has 3 aliphatic rings. The average Bonchev–Trinajstić information content (AvgIpc) is 3.13. The summed E-state index contributed by atoms with van der Waals surface area (Å²) in [5.74, 6) is 1.32. The van der Waals surface area contributed by atoms with Crippen molar-refractivity contribution in [2.45, 2.75) is 70.3 Å². The summed E-state index contributed by atoms with van der Waals surface area (Å²) >= 11 is 0. The highest BCUT2D eigenvalue weighted by molar-refractivity contribution is 5.85. The van der Waals surface area contributed by atoms with Crippen molar-refractivity contribution < 1.29 is 9.59 Å². The zero-order valence-electron chi connectivity index (χ0n) is 15.4. The lowest BCUT2D eigenvalue weighted by Gasteiger charge is -2.35. The van der Waals surface area contributed by atoms with Crippen molar-refractivity contribution in [3.63, 3.8) is 0 Å². The Morgan fingerprint density at radius 1 is 0.840 bits per heavy atom. The monoisotopic (exact) mass is 371 g/mol. The van der Waals surface area contributed by atoms with Gasteiger partial charge in [-0.1, -0.05) is 32.1 Å². The van der Waals surface area contributed by atoms with Gasteiger partial charge in [0.1, 0.15) is 0 Å². The Hall–Kier alpha value is -0.810. The van der Waals surface area contributed by atoms with E-state index in [2.05, 4.69) is 5.32 Å². The number of carbonyl (C=O) groups excluding carboxylic acids is 2. The van der Waals surface area contributed by atoms with Crippen LogP contribution in [0.3, 0.4) is 0 Å². The number of nitrogens with one attached hydrogen (secondary N) is 1. The molecule has 5 nitrogen and oxygen atoms in total. The number of hydrogen-bond acceptors (Lipinski definition) is 3. The molecule has 0 aromatic heterocycles. The predicted molar refractivity (Wildman–Crippen MR) is 102 cm³/mol. The molecule has 6 heteroatoms. The van der Waals surface area contributed by atoms with Gasteiger partial charge in [0.05, 0.1) is 0 Å². The summed E-state index contributed by atoms with van der Waals surface area (Å²) in [7, 11) is 0. The number of halogens is 1. The molecule has 1 saturated carbocycles. The quantitative estimate of drug-likeness (QED) is 0.808. The van der Waals surface area contributed by atoms with Crippen molar-refractivity contribution in [1.82, 2.24) is 15.1 Å². The topological polar surface area (TPSA) is 52.7 Å². The fourth-order valence-electron chi connectivity index (χ4n) is 4.44. The molecule has 0 bridgehead atoms. The molecule has 3 fully saturated rings. The number of rotatable bonds is 5. The van der Waals surface area contributed by atoms with E-state index in [1.165, 1.54) is 38.5 Å². The van der Waals surface area contributed by atoms with E-state index in [-0.39, 0.29) is 18.3 Å². The van der Waals surface area contributed by atoms with Crippen molar-refractivity contribution in [2.75, 3.05) is 32.7 Å². The summed E-state index contributed by atoms with van der Waals surface area (Å²) < 4.78 is 0. The normalized spacial score (nSPS) is 24.9. The summed E-state index contributed by atoms with van der Waals surface area (Å²) in [5.41, 5.74) is 0. The van der Waals surface area contributed by atoms with Crippen molar-refractivity contribution >= 4 is 24.2 Å². The molecule has 0 radical (unpaired) electrons. The van der Waals surface area contributed by atoms with E-state index in [1.54, 1.807) is 0 Å². The maximum Gasteiger partial charge on any atom is 0.224 e. The standard InChI is InChI=1S/C19H33N3O2.ClH/c23-18(9-8-16-5-2-1-3-6-16)21-11-13-22(14-12-21)19(24)15-17-7-4-10-20-17;/h16-17,20H,1-15H2;1H. The molecule has 2 heterocycles. The molecule has 25 heavy (non-hydrogen) atoms. The molecule has 0 aromatic rings. The third kappa shape index (κ3) is 6.14. The van der Waals surface area contributed by atoms with Crippen molar-refractivity contribution in [3.8, 4) is 0 Å². The van der Waals surface area contributed by atoms with Crippen LogP contribution in [0.5, 0.6) is 0 Å². The highest BCUT2D eigenvalue weighted by Crippen LogP contribution is 2.27. The van der Waals surface area contributed by atoms with Gasteiger partial charge in [0.25, 0.3) is 0 Å². The minimum absolute atomic E-state index is 0. The zero-order chi connectivity index (χ0) is 16.8. The Kier molecular flexibility index (Phi) is 8.50. The third-order valence-electron chi connectivity index (χ3n) is 6.06. The molecule has 2 amide bonds. The SMILES string of the molecule is Cl.O=C(CCC1CCCCC1)N1CCN(C(=O)CC2CCCN2)CC1. The van der Waals surface area contributed by atoms with Gasteiger partial charge in [0.15, 0.2) is 0 Å². The van der Waals surface area contributed by atoms with Crippen LogP contribution in [0, 0.1) is 5.92 Å². The lowest BCUT2D eigenvalue weighted by Crippen LogP contribution is -2.51. The average molecular weight is 372 g/mol. The summed E-state index contributed by atoms with van der Waals surface area (Å²) in [4.78, 5) is 28.7. The van der Waals surface area contributed by atoms with Crippen LogP contribution in [-0.2, 0) is 9.59 Å². The van der Waals surface area contributed by atoms with E-state index < -0.39 is 0 Å². The lowest BCUT2D eigenvalue weighted by molar-refractivity contribution is -0.140. The Labute approximate surface area is 158 Å². The van der Waals surface area contributed by atoms with E-state index in [0.717, 1.165) is 25.3 Å². The molecule has 1 unspecified atom stereocenters. The molecule has 1 N–H and O–H groups in total. The number of amides is 2. The summed E-state index contributed by atoms with van der Waals surface area (Å²) in [6, 6.07) is 0.368. The Morgan fingerprint density at radius 3 is 2.08 bits per heavy atom. The van der Waals surface area contributed by atoms with Crippen molar-refractivity contribution in [1.29, 1.82) is 0 Å². The molecule has 3 rings (SSSR count). The molecule has 144 valence electrons. The van der Waals surface area contributed by atoms with Gasteiger partial charge in [-0.3, -0.25) is 9.59 Å². The van der Waals surface area contributed by atoms with Gasteiger partial charge in [-0.2, -0.15) is 0 Å². The first-order valence-corrected chi connectivity index (χ1v) is 10.0. The van der Waals surface area contributed by atoms with Gasteiger partial charge in [-0.25, -0.2) is 0 Å². The minimum atomic E-state index is 0. The molecule has 1 atom stereocenters. The van der Waals surface area contributed by atoms with E-state index in [0.29, 0.717) is 51.0 Å². The van der Waals surface area contributed by atoms with Gasteiger partial charge in [0, 0.05) is 45.1 Å². The van der Waals surface area contributed by atoms with Crippen LogP contribution in [0.15, 0.2) is 0 Å². The Bertz CT molecular complexity index is 426. The Morgan fingerprint density at radius 2 is 1.48 bits per heavy atom. The van der Waals surface area contributed by atoms with Gasteiger partial charge in [-0.05, 0) is 31.7 Å². The second kappa shape index (κ2) is 10.4. The van der Waals surface area contributed by atoms with Crippen molar-refractivity contribution in [2.24, 2.45) is 5.92 Å². The second-order valence-electron chi connectivity index (χ2n) is 7.80. The minimum Gasteiger partial charge on any atom is -0.339 e. The van der Waals surface area contributed by atoms with E-state index in [4.69, 9.17) is 0 Å². The number of hydrogen-bond donors (Lipinski definition) is 1. The molecular weight excluding hydrogens is 338 g/mol. The zero-order valence-corrected chi connectivity index (χ0v) is 16.2. The number of carbonyl (C=O) groups is 2. The first-order valence-electron chi connectivity index (χ1n) is 10.0. The van der Waals surface area contributed by atoms with E-state index >= 15 is 0 Å². The summed E-state index contributed by atoms with van der Waals surface area (Å²) in [6.45, 7) is 3.89. The van der Waals surface area contributed by atoms with Gasteiger partial charge in [0.2, 0.25) is 11.8 Å². The highest BCUT2D eigenvalue weighted by Gasteiger charge is 2.27. The van der Waals surface area contributed by atoms with Gasteiger partial charge >= 0.3 is 0 Å². The fourth-order valence-corrected chi connectivity index (χ4v) is 4.44. The van der Waals surface area contributed by atoms with Crippen LogP contribution in [0.2, 0.25) is 0 Å². The van der Waals surface area contributed by atoms with Crippen LogP contribution < -0.4 is 5.32 Å². The lowest BCUT2D eigenvalue weighted by atomic mass is 9.86. The maximum absolute atomic E-state index is 12.4. The first kappa shape index (κ1) is 20.5. The van der Waals surface area contributed by atoms with Crippen LogP contribution >= 0.6 is 12.4 Å². The second-order valence-corrected chi connectivity index (χ2v) is 7.80. The smallest absolute Gasteiger partial charge is 0.224 e. The summed E-state index contributed by atoms with van der Waals surface area (Å²) in [6.07, 6.45) is 11.4. The maximum atomic E-state index is 12.4. The van der Waals surface area contributed by atoms with Crippen LogP contribution in [0.25, 0.3) is 0 Å². The van der Waals surface area contributed by atoms with Crippen LogP contribution in [0.4, 0.5) is 0 Å². The molecular formula is C19H34ClN3O2. The number of piperazine rings is 1. The third-order valence-corrected chi connectivity index (χ3v) is 6.06. The van der Waals surface area contributed by atoms with E-state index in [9.17, 15) is 9.59 Å². The Balaban J connectivity index is 0.00000225. The van der Waals surface area contributed by atoms with Crippen LogP contribution in [-0.4, -0.2) is 60.4 Å². The molecule has 0 aromatic carbocycles. The van der Waals surface area contributed by atoms with Gasteiger partial charge < -0.3 is 15.1 Å². The molecule has 2 saturated heterocycles. The van der Waals surface area contributed by atoms with Gasteiger partial charge in [-0.15, -0.1) is 12.4 Å². The number of nitrogens with zero attached hydrogens (tertiary/aromatic N) is 2. The van der Waals surface area contributed by atoms with E-state index in [1.807, 2.05) is 9.80 Å². The highest BCUT2D eigenvalue weighted by atomic mass is 35.5. The fraction of sp³-hybridized carbons (Fsp3) is 0.895. The molecule has 2 aliphatic heterocycles. The summed E-state index contributed by atoms with van der Waals surface area (Å²) in [5, 5.41) is 3.39. The largest absolute Gasteiger partial charge is 0.339 e. The first-order chi connectivity index (χ1) is 11.7.